The first kappa shape index (κ1) is 14.0. The Labute approximate surface area is 102 Å². The van der Waals surface area contributed by atoms with E-state index in [2.05, 4.69) is 26.1 Å². The van der Waals surface area contributed by atoms with Gasteiger partial charge >= 0.3 is 0 Å². The summed E-state index contributed by atoms with van der Waals surface area (Å²) in [6.07, 6.45) is 12.6. The highest BCUT2D eigenvalue weighted by Gasteiger charge is 2.18. The smallest absolute Gasteiger partial charge is 0.00696 e. The van der Waals surface area contributed by atoms with Gasteiger partial charge in [-0.1, -0.05) is 46.0 Å². The lowest BCUT2D eigenvalue weighted by Gasteiger charge is -2.22. The summed E-state index contributed by atoms with van der Waals surface area (Å²) < 4.78 is 0. The van der Waals surface area contributed by atoms with Gasteiger partial charge in [-0.05, 0) is 38.5 Å². The first-order chi connectivity index (χ1) is 7.76. The summed E-state index contributed by atoms with van der Waals surface area (Å²) in [6, 6.07) is 1.53. The van der Waals surface area contributed by atoms with Crippen LogP contribution < -0.4 is 5.32 Å². The number of hydrogen-bond donors (Lipinski definition) is 1. The molecule has 0 amide bonds. The summed E-state index contributed by atoms with van der Waals surface area (Å²) in [5.41, 5.74) is 0. The van der Waals surface area contributed by atoms with Gasteiger partial charge in [0.25, 0.3) is 0 Å². The third-order valence-corrected chi connectivity index (χ3v) is 4.18. The number of rotatable bonds is 6. The Balaban J connectivity index is 2.21. The SMILES string of the molecule is CCCCC(C)NC1CCCC(CC)CC1. The maximum absolute atomic E-state index is 3.84. The monoisotopic (exact) mass is 225 g/mol. The van der Waals surface area contributed by atoms with Gasteiger partial charge in [-0.2, -0.15) is 0 Å². The topological polar surface area (TPSA) is 12.0 Å². The van der Waals surface area contributed by atoms with Crippen molar-refractivity contribution in [1.82, 2.24) is 5.32 Å². The van der Waals surface area contributed by atoms with Crippen molar-refractivity contribution in [3.63, 3.8) is 0 Å². The fourth-order valence-electron chi connectivity index (χ4n) is 2.95. The minimum Gasteiger partial charge on any atom is -0.312 e. The van der Waals surface area contributed by atoms with Gasteiger partial charge in [0.2, 0.25) is 0 Å². The highest BCUT2D eigenvalue weighted by molar-refractivity contribution is 4.76. The second-order valence-electron chi connectivity index (χ2n) is 5.69. The van der Waals surface area contributed by atoms with Gasteiger partial charge in [0.05, 0.1) is 0 Å². The zero-order valence-corrected chi connectivity index (χ0v) is 11.6. The molecule has 0 spiro atoms. The zero-order valence-electron chi connectivity index (χ0n) is 11.6. The molecule has 1 aliphatic rings. The zero-order chi connectivity index (χ0) is 11.8. The van der Waals surface area contributed by atoms with E-state index in [1.165, 1.54) is 57.8 Å². The van der Waals surface area contributed by atoms with Crippen LogP contribution in [-0.4, -0.2) is 12.1 Å². The van der Waals surface area contributed by atoms with E-state index in [-0.39, 0.29) is 0 Å². The minimum atomic E-state index is 0.725. The molecule has 0 heterocycles. The molecule has 0 aromatic heterocycles. The van der Waals surface area contributed by atoms with Crippen molar-refractivity contribution < 1.29 is 0 Å². The lowest BCUT2D eigenvalue weighted by atomic mass is 9.97. The van der Waals surface area contributed by atoms with Crippen LogP contribution >= 0.6 is 0 Å². The summed E-state index contributed by atoms with van der Waals surface area (Å²) in [5.74, 6) is 1.01. The van der Waals surface area contributed by atoms with Crippen LogP contribution in [0.5, 0.6) is 0 Å². The molecular formula is C15H31N. The molecule has 0 radical (unpaired) electrons. The van der Waals surface area contributed by atoms with E-state index in [1.807, 2.05) is 0 Å². The van der Waals surface area contributed by atoms with Crippen molar-refractivity contribution in [2.45, 2.75) is 90.6 Å². The molecule has 1 N–H and O–H groups in total. The standard InChI is InChI=1S/C15H31N/c1-4-6-8-13(3)16-15-10-7-9-14(5-2)11-12-15/h13-16H,4-12H2,1-3H3. The lowest BCUT2D eigenvalue weighted by molar-refractivity contribution is 0.379. The molecule has 0 saturated heterocycles. The molecule has 0 aromatic rings. The highest BCUT2D eigenvalue weighted by Crippen LogP contribution is 2.25. The van der Waals surface area contributed by atoms with E-state index >= 15 is 0 Å². The van der Waals surface area contributed by atoms with E-state index < -0.39 is 0 Å². The molecule has 1 fully saturated rings. The number of unbranched alkanes of at least 4 members (excludes halogenated alkanes) is 1. The molecule has 1 aliphatic carbocycles. The van der Waals surface area contributed by atoms with Gasteiger partial charge < -0.3 is 5.32 Å². The molecule has 3 atom stereocenters. The molecular weight excluding hydrogens is 194 g/mol. The van der Waals surface area contributed by atoms with Crippen molar-refractivity contribution in [2.75, 3.05) is 0 Å². The fourth-order valence-corrected chi connectivity index (χ4v) is 2.95. The summed E-state index contributed by atoms with van der Waals surface area (Å²) in [5, 5.41) is 3.84. The molecule has 0 aromatic carbocycles. The first-order valence-electron chi connectivity index (χ1n) is 7.52. The first-order valence-corrected chi connectivity index (χ1v) is 7.52. The van der Waals surface area contributed by atoms with Crippen LogP contribution in [0.4, 0.5) is 0 Å². The third-order valence-electron chi connectivity index (χ3n) is 4.18. The van der Waals surface area contributed by atoms with Gasteiger partial charge in [0.1, 0.15) is 0 Å². The van der Waals surface area contributed by atoms with Gasteiger partial charge in [-0.25, -0.2) is 0 Å². The van der Waals surface area contributed by atoms with Crippen molar-refractivity contribution in [3.8, 4) is 0 Å². The molecule has 3 unspecified atom stereocenters. The maximum atomic E-state index is 3.84. The molecule has 0 aliphatic heterocycles. The highest BCUT2D eigenvalue weighted by atomic mass is 14.9. The van der Waals surface area contributed by atoms with Crippen LogP contribution in [0.3, 0.4) is 0 Å². The van der Waals surface area contributed by atoms with Crippen LogP contribution in [-0.2, 0) is 0 Å². The Morgan fingerprint density at radius 2 is 1.94 bits per heavy atom. The lowest BCUT2D eigenvalue weighted by Crippen LogP contribution is -2.36. The summed E-state index contributed by atoms with van der Waals surface area (Å²) in [7, 11) is 0. The van der Waals surface area contributed by atoms with Gasteiger partial charge in [-0.3, -0.25) is 0 Å². The average molecular weight is 225 g/mol. The van der Waals surface area contributed by atoms with Crippen LogP contribution in [0.2, 0.25) is 0 Å². The molecule has 1 nitrogen and oxygen atoms in total. The Hall–Kier alpha value is -0.0400. The van der Waals surface area contributed by atoms with Gasteiger partial charge in [0, 0.05) is 12.1 Å². The van der Waals surface area contributed by atoms with Crippen molar-refractivity contribution >= 4 is 0 Å². The van der Waals surface area contributed by atoms with E-state index in [4.69, 9.17) is 0 Å². The summed E-state index contributed by atoms with van der Waals surface area (Å²) in [6.45, 7) is 6.99. The normalized spacial score (nSPS) is 28.7. The summed E-state index contributed by atoms with van der Waals surface area (Å²) in [4.78, 5) is 0. The van der Waals surface area contributed by atoms with E-state index in [0.717, 1.165) is 18.0 Å². The Bertz CT molecular complexity index is 167. The predicted octanol–water partition coefficient (Wildman–Crippen LogP) is 4.51. The van der Waals surface area contributed by atoms with Gasteiger partial charge in [-0.15, -0.1) is 0 Å². The summed E-state index contributed by atoms with van der Waals surface area (Å²) >= 11 is 0. The predicted molar refractivity (Wildman–Crippen MR) is 72.8 cm³/mol. The number of nitrogens with one attached hydrogen (secondary N) is 1. The van der Waals surface area contributed by atoms with Crippen molar-refractivity contribution in [1.29, 1.82) is 0 Å². The Kier molecular flexibility index (Phi) is 7.11. The van der Waals surface area contributed by atoms with Crippen molar-refractivity contribution in [2.24, 2.45) is 5.92 Å². The fraction of sp³-hybridized carbons (Fsp3) is 1.00. The second-order valence-corrected chi connectivity index (χ2v) is 5.69. The maximum Gasteiger partial charge on any atom is 0.00696 e. The van der Waals surface area contributed by atoms with Gasteiger partial charge in [0.15, 0.2) is 0 Å². The van der Waals surface area contributed by atoms with Crippen LogP contribution in [0.15, 0.2) is 0 Å². The molecule has 1 saturated carbocycles. The Morgan fingerprint density at radius 3 is 2.62 bits per heavy atom. The number of hydrogen-bond acceptors (Lipinski definition) is 1. The van der Waals surface area contributed by atoms with E-state index in [1.54, 1.807) is 0 Å². The minimum absolute atomic E-state index is 0.725. The molecule has 1 rings (SSSR count). The average Bonchev–Trinajstić information content (AvgIpc) is 2.51. The molecule has 96 valence electrons. The largest absolute Gasteiger partial charge is 0.312 e. The van der Waals surface area contributed by atoms with Crippen molar-refractivity contribution in [3.05, 3.63) is 0 Å². The van der Waals surface area contributed by atoms with Crippen LogP contribution in [0.1, 0.15) is 78.6 Å². The molecule has 0 bridgehead atoms. The second kappa shape index (κ2) is 8.11. The molecule has 16 heavy (non-hydrogen) atoms. The molecule has 1 heteroatoms. The van der Waals surface area contributed by atoms with E-state index in [0.29, 0.717) is 0 Å². The van der Waals surface area contributed by atoms with Crippen LogP contribution in [0.25, 0.3) is 0 Å². The Morgan fingerprint density at radius 1 is 1.12 bits per heavy atom. The quantitative estimate of drug-likeness (QED) is 0.656. The third kappa shape index (κ3) is 5.34. The van der Waals surface area contributed by atoms with E-state index in [9.17, 15) is 0 Å². The van der Waals surface area contributed by atoms with Crippen LogP contribution in [0, 0.1) is 5.92 Å².